The number of hydrogen-bond donors (Lipinski definition) is 5. The van der Waals surface area contributed by atoms with Crippen LogP contribution in [0.4, 0.5) is 0 Å². The maximum absolute atomic E-state index is 10.2. The maximum atomic E-state index is 10.2. The molecule has 0 aromatic carbocycles. The van der Waals surface area contributed by atoms with Gasteiger partial charge in [-0.25, -0.2) is 4.57 Å². The summed E-state index contributed by atoms with van der Waals surface area (Å²) in [7, 11) is -4.70. The number of aliphatic hydroxyl groups excluding tert-OH is 2. The molecule has 0 saturated carbocycles. The summed E-state index contributed by atoms with van der Waals surface area (Å²) < 4.78 is 14.1. The summed E-state index contributed by atoms with van der Waals surface area (Å²) in [5.41, 5.74) is 5.03. The molecule has 84 valence electrons. The van der Waals surface area contributed by atoms with Gasteiger partial charge in [0.2, 0.25) is 0 Å². The predicted molar refractivity (Wildman–Crippen MR) is 44.0 cm³/mol. The molecule has 3 atom stereocenters. The third kappa shape index (κ3) is 5.40. The lowest BCUT2D eigenvalue weighted by Gasteiger charge is -2.19. The minimum atomic E-state index is -4.70. The van der Waals surface area contributed by atoms with Gasteiger partial charge in [0.25, 0.3) is 0 Å². The van der Waals surface area contributed by atoms with E-state index in [0.29, 0.717) is 0 Å². The van der Waals surface area contributed by atoms with E-state index in [9.17, 15) is 9.36 Å². The summed E-state index contributed by atoms with van der Waals surface area (Å²) in [6.07, 6.45) is -3.06. The monoisotopic (exact) mass is 229 g/mol. The van der Waals surface area contributed by atoms with Gasteiger partial charge in [-0.05, 0) is 0 Å². The molecule has 0 heterocycles. The van der Waals surface area contributed by atoms with E-state index in [1.807, 2.05) is 0 Å². The fourth-order valence-corrected chi connectivity index (χ4v) is 0.956. The molecule has 0 spiro atoms. The van der Waals surface area contributed by atoms with Gasteiger partial charge in [-0.2, -0.15) is 0 Å². The second-order valence-corrected chi connectivity index (χ2v) is 3.80. The van der Waals surface area contributed by atoms with Crippen molar-refractivity contribution in [3.05, 3.63) is 0 Å². The second-order valence-electron chi connectivity index (χ2n) is 2.56. The van der Waals surface area contributed by atoms with Crippen LogP contribution < -0.4 is 5.73 Å². The first kappa shape index (κ1) is 13.7. The zero-order valence-corrected chi connectivity index (χ0v) is 7.95. The van der Waals surface area contributed by atoms with Gasteiger partial charge < -0.3 is 30.5 Å². The maximum Gasteiger partial charge on any atom is 0.469 e. The van der Waals surface area contributed by atoms with Gasteiger partial charge >= 0.3 is 7.82 Å². The first-order chi connectivity index (χ1) is 6.28. The Balaban J connectivity index is 4.02. The number of aldehydes is 1. The van der Waals surface area contributed by atoms with Gasteiger partial charge in [-0.15, -0.1) is 0 Å². The average Bonchev–Trinajstić information content (AvgIpc) is 2.10. The van der Waals surface area contributed by atoms with Crippen molar-refractivity contribution in [2.75, 3.05) is 6.61 Å². The number of phosphoric acid groups is 1. The standard InChI is InChI=1S/C5H12NO7P/c6-3(1-7)5(9)4(8)2-13-14(10,11)12/h1,3-5,8-9H,2,6H2,(H2,10,11,12)/t3-,4+,5+/m0/s1. The van der Waals surface area contributed by atoms with Crippen molar-refractivity contribution in [1.29, 1.82) is 0 Å². The number of hydrogen-bond acceptors (Lipinski definition) is 6. The predicted octanol–water partition coefficient (Wildman–Crippen LogP) is -2.66. The molecular weight excluding hydrogens is 217 g/mol. The molecule has 14 heavy (non-hydrogen) atoms. The van der Waals surface area contributed by atoms with Crippen LogP contribution >= 0.6 is 7.82 Å². The topological polar surface area (TPSA) is 150 Å². The number of aliphatic hydroxyl groups is 2. The van der Waals surface area contributed by atoms with E-state index in [2.05, 4.69) is 4.52 Å². The Morgan fingerprint density at radius 3 is 2.29 bits per heavy atom. The van der Waals surface area contributed by atoms with Crippen molar-refractivity contribution in [2.24, 2.45) is 5.73 Å². The van der Waals surface area contributed by atoms with Gasteiger partial charge in [-0.3, -0.25) is 4.52 Å². The Morgan fingerprint density at radius 1 is 1.43 bits per heavy atom. The van der Waals surface area contributed by atoms with E-state index in [4.69, 9.17) is 25.7 Å². The van der Waals surface area contributed by atoms with Crippen molar-refractivity contribution in [2.45, 2.75) is 18.2 Å². The van der Waals surface area contributed by atoms with Crippen LogP contribution in [0.2, 0.25) is 0 Å². The van der Waals surface area contributed by atoms with Crippen molar-refractivity contribution in [1.82, 2.24) is 0 Å². The fraction of sp³-hybridized carbons (Fsp3) is 0.800. The highest BCUT2D eigenvalue weighted by molar-refractivity contribution is 7.46. The number of phosphoric ester groups is 1. The smallest absolute Gasteiger partial charge is 0.388 e. The highest BCUT2D eigenvalue weighted by atomic mass is 31.2. The number of carbonyl (C=O) groups is 1. The Bertz CT molecular complexity index is 228. The van der Waals surface area contributed by atoms with E-state index < -0.39 is 32.7 Å². The largest absolute Gasteiger partial charge is 0.469 e. The second kappa shape index (κ2) is 5.52. The Morgan fingerprint density at radius 2 is 1.93 bits per heavy atom. The lowest BCUT2D eigenvalue weighted by atomic mass is 10.1. The van der Waals surface area contributed by atoms with Crippen molar-refractivity contribution < 1.29 is 33.9 Å². The number of rotatable bonds is 6. The molecule has 0 aromatic rings. The highest BCUT2D eigenvalue weighted by Crippen LogP contribution is 2.35. The summed E-state index contributed by atoms with van der Waals surface area (Å²) in [6.45, 7) is -0.813. The molecule has 9 heteroatoms. The minimum absolute atomic E-state index is 0.200. The summed E-state index contributed by atoms with van der Waals surface area (Å²) in [6, 6.07) is -1.33. The van der Waals surface area contributed by atoms with Gasteiger partial charge in [0.05, 0.1) is 12.6 Å². The molecule has 0 bridgehead atoms. The van der Waals surface area contributed by atoms with Crippen LogP contribution in [0.1, 0.15) is 0 Å². The van der Waals surface area contributed by atoms with E-state index in [1.165, 1.54) is 0 Å². The number of carbonyl (C=O) groups excluding carboxylic acids is 1. The van der Waals surface area contributed by atoms with Crippen LogP contribution in [-0.4, -0.2) is 51.1 Å². The molecule has 0 aromatic heterocycles. The Kier molecular flexibility index (Phi) is 5.38. The van der Waals surface area contributed by atoms with Crippen LogP contribution in [0, 0.1) is 0 Å². The molecular formula is C5H12NO7P. The van der Waals surface area contributed by atoms with E-state index in [0.717, 1.165) is 0 Å². The van der Waals surface area contributed by atoms with Crippen molar-refractivity contribution in [3.63, 3.8) is 0 Å². The normalized spacial score (nSPS) is 18.6. The van der Waals surface area contributed by atoms with Gasteiger partial charge in [0.1, 0.15) is 18.5 Å². The van der Waals surface area contributed by atoms with Crippen LogP contribution in [0.3, 0.4) is 0 Å². The van der Waals surface area contributed by atoms with E-state index in [1.54, 1.807) is 0 Å². The zero-order valence-electron chi connectivity index (χ0n) is 7.05. The minimum Gasteiger partial charge on any atom is -0.388 e. The summed E-state index contributed by atoms with van der Waals surface area (Å²) in [4.78, 5) is 26.5. The molecule has 0 fully saturated rings. The zero-order chi connectivity index (χ0) is 11.4. The molecule has 0 unspecified atom stereocenters. The lowest BCUT2D eigenvalue weighted by molar-refractivity contribution is -0.113. The molecule has 0 rings (SSSR count). The third-order valence-electron chi connectivity index (χ3n) is 1.36. The van der Waals surface area contributed by atoms with Crippen LogP contribution in [-0.2, 0) is 13.9 Å². The van der Waals surface area contributed by atoms with Crippen LogP contribution in [0.25, 0.3) is 0 Å². The van der Waals surface area contributed by atoms with Crippen LogP contribution in [0.5, 0.6) is 0 Å². The summed E-state index contributed by atoms with van der Waals surface area (Å²) >= 11 is 0. The van der Waals surface area contributed by atoms with Crippen molar-refractivity contribution >= 4 is 14.1 Å². The van der Waals surface area contributed by atoms with Crippen LogP contribution in [0.15, 0.2) is 0 Å². The summed E-state index contributed by atoms with van der Waals surface area (Å²) in [5, 5.41) is 18.1. The molecule has 0 aliphatic carbocycles. The van der Waals surface area contributed by atoms with Gasteiger partial charge in [0.15, 0.2) is 0 Å². The summed E-state index contributed by atoms with van der Waals surface area (Å²) in [5.74, 6) is 0. The molecule has 0 amide bonds. The highest BCUT2D eigenvalue weighted by Gasteiger charge is 2.26. The molecule has 8 nitrogen and oxygen atoms in total. The van der Waals surface area contributed by atoms with E-state index in [-0.39, 0.29) is 6.29 Å². The molecule has 0 aliphatic heterocycles. The molecule has 0 aliphatic rings. The quantitative estimate of drug-likeness (QED) is 0.244. The first-order valence-electron chi connectivity index (χ1n) is 3.55. The van der Waals surface area contributed by atoms with Gasteiger partial charge in [0, 0.05) is 0 Å². The molecule has 0 radical (unpaired) electrons. The lowest BCUT2D eigenvalue weighted by Crippen LogP contribution is -2.45. The number of nitrogens with two attached hydrogens (primary N) is 1. The Labute approximate surface area is 79.5 Å². The van der Waals surface area contributed by atoms with E-state index >= 15 is 0 Å². The Hall–Kier alpha value is -0.340. The van der Waals surface area contributed by atoms with Crippen molar-refractivity contribution in [3.8, 4) is 0 Å². The SMILES string of the molecule is N[C@@H](C=O)[C@@H](O)[C@H](O)COP(=O)(O)O. The average molecular weight is 229 g/mol. The van der Waals surface area contributed by atoms with Gasteiger partial charge in [-0.1, -0.05) is 0 Å². The molecule has 6 N–H and O–H groups in total. The third-order valence-corrected chi connectivity index (χ3v) is 1.84. The fourth-order valence-electron chi connectivity index (χ4n) is 0.609. The first-order valence-corrected chi connectivity index (χ1v) is 5.08. The molecule has 0 saturated heterocycles.